The first-order valence-corrected chi connectivity index (χ1v) is 4.85. The quantitative estimate of drug-likeness (QED) is 0.475. The third-order valence-electron chi connectivity index (χ3n) is 1.54. The number of hydrogen-bond acceptors (Lipinski definition) is 5. The van der Waals surface area contributed by atoms with E-state index in [1.54, 1.807) is 12.1 Å². The highest BCUT2D eigenvalue weighted by Gasteiger charge is 2.15. The second-order valence-corrected chi connectivity index (χ2v) is 3.34. The largest absolute Gasteiger partial charge is 0.465 e. The van der Waals surface area contributed by atoms with Crippen molar-refractivity contribution in [2.45, 2.75) is 0 Å². The number of pyridine rings is 1. The molecule has 0 atom stereocenters. The van der Waals surface area contributed by atoms with Crippen molar-refractivity contribution in [3.63, 3.8) is 0 Å². The van der Waals surface area contributed by atoms with E-state index in [0.29, 0.717) is 10.4 Å². The number of rotatable bonds is 4. The van der Waals surface area contributed by atoms with Crippen LogP contribution in [0.2, 0.25) is 0 Å². The number of carbonyl (C=O) groups excluding carboxylic acids is 1. The molecule has 1 aromatic rings. The summed E-state index contributed by atoms with van der Waals surface area (Å²) in [5.74, 6) is -0.227. The van der Waals surface area contributed by atoms with Gasteiger partial charge in [0.1, 0.15) is 4.60 Å². The van der Waals surface area contributed by atoms with Crippen molar-refractivity contribution in [2.24, 2.45) is 0 Å². The van der Waals surface area contributed by atoms with E-state index in [1.165, 1.54) is 14.2 Å². The number of nitrogens with zero attached hydrogens (tertiary/aromatic N) is 1. The second-order valence-electron chi connectivity index (χ2n) is 2.52. The average Bonchev–Trinajstić information content (AvgIpc) is 2.26. The maximum absolute atomic E-state index is 11.3. The lowest BCUT2D eigenvalue weighted by atomic mass is 10.3. The zero-order valence-electron chi connectivity index (χ0n) is 8.32. The lowest BCUT2D eigenvalue weighted by Crippen LogP contribution is -2.09. The van der Waals surface area contributed by atoms with Crippen LogP contribution in [0.3, 0.4) is 0 Å². The Bertz CT molecular complexity index is 356. The number of esters is 1. The van der Waals surface area contributed by atoms with Crippen LogP contribution in [0, 0.1) is 0 Å². The van der Waals surface area contributed by atoms with Crippen LogP contribution in [-0.4, -0.2) is 32.0 Å². The molecule has 0 aliphatic rings. The van der Waals surface area contributed by atoms with Gasteiger partial charge in [0.2, 0.25) is 0 Å². The smallest absolute Gasteiger partial charge is 0.360 e. The molecule has 0 spiro atoms. The summed E-state index contributed by atoms with van der Waals surface area (Å²) in [6.45, 7) is 0.0489. The number of methoxy groups -OCH3 is 2. The fourth-order valence-electron chi connectivity index (χ4n) is 0.904. The van der Waals surface area contributed by atoms with Crippen molar-refractivity contribution >= 4 is 21.9 Å². The first-order valence-electron chi connectivity index (χ1n) is 4.05. The Balaban J connectivity index is 2.97. The van der Waals surface area contributed by atoms with Crippen molar-refractivity contribution in [3.8, 4) is 5.75 Å². The molecule has 1 aromatic heterocycles. The van der Waals surface area contributed by atoms with Gasteiger partial charge in [0.15, 0.2) is 18.2 Å². The Morgan fingerprint density at radius 2 is 2.20 bits per heavy atom. The molecule has 0 saturated carbocycles. The van der Waals surface area contributed by atoms with E-state index in [-0.39, 0.29) is 12.5 Å². The Morgan fingerprint density at radius 1 is 1.47 bits per heavy atom. The third-order valence-corrected chi connectivity index (χ3v) is 1.98. The van der Waals surface area contributed by atoms with Gasteiger partial charge < -0.3 is 14.2 Å². The van der Waals surface area contributed by atoms with Gasteiger partial charge in [0.25, 0.3) is 0 Å². The van der Waals surface area contributed by atoms with Gasteiger partial charge in [-0.05, 0) is 28.1 Å². The molecule has 0 fully saturated rings. The molecule has 15 heavy (non-hydrogen) atoms. The molecule has 1 rings (SSSR count). The summed E-state index contributed by atoms with van der Waals surface area (Å²) in [4.78, 5) is 15.3. The highest BCUT2D eigenvalue weighted by molar-refractivity contribution is 9.10. The minimum absolute atomic E-state index is 0.0489. The summed E-state index contributed by atoms with van der Waals surface area (Å²) in [7, 11) is 2.77. The maximum Gasteiger partial charge on any atom is 0.360 e. The van der Waals surface area contributed by atoms with Gasteiger partial charge in [0, 0.05) is 7.11 Å². The standard InChI is InChI=1S/C9H10BrNO4/c1-13-5-15-6-3-4-7(10)11-8(6)9(12)14-2/h3-4H,5H2,1-2H3. The maximum atomic E-state index is 11.3. The molecule has 5 nitrogen and oxygen atoms in total. The molecule has 0 saturated heterocycles. The van der Waals surface area contributed by atoms with Gasteiger partial charge in [-0.2, -0.15) is 0 Å². The normalized spacial score (nSPS) is 9.80. The Hall–Kier alpha value is -1.14. The van der Waals surface area contributed by atoms with Crippen LogP contribution in [0.1, 0.15) is 10.5 Å². The van der Waals surface area contributed by atoms with Crippen LogP contribution in [0.15, 0.2) is 16.7 Å². The highest BCUT2D eigenvalue weighted by Crippen LogP contribution is 2.20. The highest BCUT2D eigenvalue weighted by atomic mass is 79.9. The monoisotopic (exact) mass is 275 g/mol. The summed E-state index contributed by atoms with van der Waals surface area (Å²) in [6, 6.07) is 3.28. The average molecular weight is 276 g/mol. The molecular weight excluding hydrogens is 266 g/mol. The van der Waals surface area contributed by atoms with E-state index in [1.807, 2.05) is 0 Å². The third kappa shape index (κ3) is 3.17. The topological polar surface area (TPSA) is 57.7 Å². The molecule has 0 aliphatic carbocycles. The van der Waals surface area contributed by atoms with Crippen LogP contribution in [0.4, 0.5) is 0 Å². The van der Waals surface area contributed by atoms with Gasteiger partial charge in [-0.1, -0.05) is 0 Å². The van der Waals surface area contributed by atoms with Gasteiger partial charge in [-0.15, -0.1) is 0 Å². The van der Waals surface area contributed by atoms with Crippen molar-refractivity contribution < 1.29 is 19.0 Å². The summed E-state index contributed by atoms with van der Waals surface area (Å²) < 4.78 is 15.0. The van der Waals surface area contributed by atoms with Gasteiger partial charge in [-0.25, -0.2) is 9.78 Å². The molecule has 0 unspecified atom stereocenters. The molecule has 0 aromatic carbocycles. The van der Waals surface area contributed by atoms with E-state index in [0.717, 1.165) is 0 Å². The van der Waals surface area contributed by atoms with Gasteiger partial charge >= 0.3 is 5.97 Å². The zero-order valence-corrected chi connectivity index (χ0v) is 9.91. The molecular formula is C9H10BrNO4. The number of hydrogen-bond donors (Lipinski definition) is 0. The molecule has 82 valence electrons. The minimum Gasteiger partial charge on any atom is -0.465 e. The number of aromatic nitrogens is 1. The van der Waals surface area contributed by atoms with Crippen LogP contribution in [-0.2, 0) is 9.47 Å². The molecule has 0 bridgehead atoms. The molecule has 6 heteroatoms. The van der Waals surface area contributed by atoms with Crippen molar-refractivity contribution in [1.29, 1.82) is 0 Å². The number of halogens is 1. The van der Waals surface area contributed by atoms with Crippen LogP contribution < -0.4 is 4.74 Å². The lowest BCUT2D eigenvalue weighted by molar-refractivity contribution is 0.0457. The van der Waals surface area contributed by atoms with Gasteiger partial charge in [0.05, 0.1) is 7.11 Å². The van der Waals surface area contributed by atoms with E-state index >= 15 is 0 Å². The molecule has 0 radical (unpaired) electrons. The van der Waals surface area contributed by atoms with Crippen LogP contribution >= 0.6 is 15.9 Å². The fraction of sp³-hybridized carbons (Fsp3) is 0.333. The van der Waals surface area contributed by atoms with E-state index in [9.17, 15) is 4.79 Å². The molecule has 0 N–H and O–H groups in total. The summed E-state index contributed by atoms with van der Waals surface area (Å²) in [5, 5.41) is 0. The predicted molar refractivity (Wildman–Crippen MR) is 55.8 cm³/mol. The number of carbonyl (C=O) groups is 1. The van der Waals surface area contributed by atoms with E-state index in [4.69, 9.17) is 9.47 Å². The minimum atomic E-state index is -0.553. The molecule has 0 amide bonds. The Kier molecular flexibility index (Phi) is 4.51. The lowest BCUT2D eigenvalue weighted by Gasteiger charge is -2.08. The van der Waals surface area contributed by atoms with Crippen molar-refractivity contribution in [1.82, 2.24) is 4.98 Å². The summed E-state index contributed by atoms with van der Waals surface area (Å²) in [6.07, 6.45) is 0. The van der Waals surface area contributed by atoms with Crippen molar-refractivity contribution in [3.05, 3.63) is 22.4 Å². The first-order chi connectivity index (χ1) is 7.19. The van der Waals surface area contributed by atoms with Crippen molar-refractivity contribution in [2.75, 3.05) is 21.0 Å². The number of ether oxygens (including phenoxy) is 3. The van der Waals surface area contributed by atoms with Crippen LogP contribution in [0.25, 0.3) is 0 Å². The summed E-state index contributed by atoms with van der Waals surface area (Å²) >= 11 is 3.16. The SMILES string of the molecule is COCOc1ccc(Br)nc1C(=O)OC. The fourth-order valence-corrected chi connectivity index (χ4v) is 1.21. The Labute approximate surface area is 95.5 Å². The van der Waals surface area contributed by atoms with Gasteiger partial charge in [-0.3, -0.25) is 0 Å². The Morgan fingerprint density at radius 3 is 2.80 bits per heavy atom. The first kappa shape index (κ1) is 11.9. The van der Waals surface area contributed by atoms with E-state index in [2.05, 4.69) is 25.7 Å². The van der Waals surface area contributed by atoms with E-state index < -0.39 is 5.97 Å². The molecule has 0 aliphatic heterocycles. The predicted octanol–water partition coefficient (Wildman–Crippen LogP) is 1.61. The molecule has 1 heterocycles. The second kappa shape index (κ2) is 5.67. The summed E-state index contributed by atoms with van der Waals surface area (Å²) in [5.41, 5.74) is 0.115. The zero-order chi connectivity index (χ0) is 11.3. The van der Waals surface area contributed by atoms with Crippen LogP contribution in [0.5, 0.6) is 5.75 Å².